The first-order valence-corrected chi connectivity index (χ1v) is 8.65. The summed E-state index contributed by atoms with van der Waals surface area (Å²) in [6, 6.07) is 8.04. The third-order valence-corrected chi connectivity index (χ3v) is 5.11. The van der Waals surface area contributed by atoms with E-state index in [1.807, 2.05) is 24.3 Å². The van der Waals surface area contributed by atoms with Crippen LogP contribution in [0.15, 0.2) is 54.0 Å². The molecule has 8 nitrogen and oxygen atoms in total. The molecule has 1 aliphatic rings. The molecule has 1 fully saturated rings. The molecule has 27 heavy (non-hydrogen) atoms. The van der Waals surface area contributed by atoms with Crippen molar-refractivity contribution in [1.82, 2.24) is 20.2 Å². The average Bonchev–Trinajstić information content (AvgIpc) is 3.17. The number of nitrogens with one attached hydrogen (secondary N) is 1. The Morgan fingerprint density at radius 2 is 1.78 bits per heavy atom. The lowest BCUT2D eigenvalue weighted by molar-refractivity contribution is 0.100. The molecule has 3 aromatic rings. The number of H-pyrrole nitrogens is 1. The summed E-state index contributed by atoms with van der Waals surface area (Å²) in [6.07, 6.45) is 9.11. The van der Waals surface area contributed by atoms with E-state index in [2.05, 4.69) is 25.2 Å². The predicted octanol–water partition coefficient (Wildman–Crippen LogP) is 2.07. The van der Waals surface area contributed by atoms with E-state index in [1.165, 1.54) is 12.4 Å². The summed E-state index contributed by atoms with van der Waals surface area (Å²) in [7, 11) is 0. The highest BCUT2D eigenvalue weighted by atomic mass is 16.1. The second kappa shape index (κ2) is 6.64. The van der Waals surface area contributed by atoms with Gasteiger partial charge in [0.1, 0.15) is 5.84 Å². The Morgan fingerprint density at radius 1 is 1.07 bits per heavy atom. The molecule has 1 amide bonds. The van der Waals surface area contributed by atoms with Gasteiger partial charge in [0.15, 0.2) is 0 Å². The fourth-order valence-electron chi connectivity index (χ4n) is 3.34. The number of carbonyl (C=O) groups is 1. The Morgan fingerprint density at radius 3 is 2.33 bits per heavy atom. The lowest BCUT2D eigenvalue weighted by Crippen LogP contribution is -2.47. The normalized spacial score (nSPS) is 15.9. The molecule has 4 rings (SSSR count). The van der Waals surface area contributed by atoms with E-state index < -0.39 is 5.41 Å². The smallest absolute Gasteiger partial charge is 0.281 e. The molecule has 0 unspecified atom stereocenters. The number of amidine groups is 1. The Bertz CT molecular complexity index is 972. The molecule has 0 saturated heterocycles. The van der Waals surface area contributed by atoms with Crippen LogP contribution < -0.4 is 11.5 Å². The highest BCUT2D eigenvalue weighted by Gasteiger charge is 2.42. The first-order valence-electron chi connectivity index (χ1n) is 8.65. The molecule has 0 bridgehead atoms. The standard InChI is InChI=1S/C19H19N7O/c20-17(26-16(27)14-10-24-25-11-14)19(6-1-7-19)15-4-2-12(3-5-15)13-8-22-18(21)23-9-13/h2-5,8-11H,1,6-7H2,(H,24,25)(H2,20,26,27)(H2,21,22,23). The maximum absolute atomic E-state index is 12.2. The van der Waals surface area contributed by atoms with Gasteiger partial charge in [-0.15, -0.1) is 0 Å². The number of anilines is 1. The Balaban J connectivity index is 1.62. The molecule has 1 aromatic carbocycles. The first-order chi connectivity index (χ1) is 13.1. The molecule has 0 radical (unpaired) electrons. The van der Waals surface area contributed by atoms with Crippen LogP contribution in [0.5, 0.6) is 0 Å². The number of nitrogens with two attached hydrogens (primary N) is 2. The number of benzene rings is 1. The van der Waals surface area contributed by atoms with Crippen molar-refractivity contribution in [3.8, 4) is 11.1 Å². The second-order valence-corrected chi connectivity index (χ2v) is 6.63. The number of aromatic amines is 1. The van der Waals surface area contributed by atoms with Gasteiger partial charge in [-0.05, 0) is 24.0 Å². The number of aliphatic imine (C=N–C) groups is 1. The number of hydrogen-bond donors (Lipinski definition) is 3. The minimum Gasteiger partial charge on any atom is -0.386 e. The van der Waals surface area contributed by atoms with Gasteiger partial charge >= 0.3 is 0 Å². The molecular weight excluding hydrogens is 342 g/mol. The van der Waals surface area contributed by atoms with Crippen molar-refractivity contribution in [3.05, 3.63) is 60.2 Å². The highest BCUT2D eigenvalue weighted by Crippen LogP contribution is 2.44. The second-order valence-electron chi connectivity index (χ2n) is 6.63. The van der Waals surface area contributed by atoms with Crippen LogP contribution in [0.1, 0.15) is 35.2 Å². The van der Waals surface area contributed by atoms with Crippen molar-refractivity contribution >= 4 is 17.7 Å². The van der Waals surface area contributed by atoms with Crippen LogP contribution in [0.4, 0.5) is 5.95 Å². The van der Waals surface area contributed by atoms with Crippen LogP contribution in [-0.2, 0) is 5.41 Å². The number of rotatable bonds is 4. The number of nitrogen functional groups attached to an aromatic ring is 1. The number of amides is 1. The summed E-state index contributed by atoms with van der Waals surface area (Å²) in [5.74, 6) is 0.210. The van der Waals surface area contributed by atoms with Crippen molar-refractivity contribution in [2.75, 3.05) is 5.73 Å². The zero-order valence-corrected chi connectivity index (χ0v) is 14.6. The monoisotopic (exact) mass is 361 g/mol. The van der Waals surface area contributed by atoms with Gasteiger partial charge in [0, 0.05) is 24.2 Å². The van der Waals surface area contributed by atoms with Crippen molar-refractivity contribution in [1.29, 1.82) is 0 Å². The topological polar surface area (TPSA) is 136 Å². The third kappa shape index (κ3) is 3.05. The van der Waals surface area contributed by atoms with E-state index in [0.717, 1.165) is 36.0 Å². The average molecular weight is 361 g/mol. The maximum atomic E-state index is 12.2. The Labute approximate surface area is 155 Å². The summed E-state index contributed by atoms with van der Waals surface area (Å²) in [5.41, 5.74) is 14.7. The molecule has 2 heterocycles. The minimum absolute atomic E-state index is 0.245. The quantitative estimate of drug-likeness (QED) is 0.481. The van der Waals surface area contributed by atoms with Gasteiger partial charge in [0.05, 0.1) is 17.2 Å². The fraction of sp³-hybridized carbons (Fsp3) is 0.211. The van der Waals surface area contributed by atoms with E-state index in [4.69, 9.17) is 11.5 Å². The number of hydrogen-bond acceptors (Lipinski definition) is 5. The van der Waals surface area contributed by atoms with Crippen molar-refractivity contribution in [3.63, 3.8) is 0 Å². The molecule has 1 aliphatic carbocycles. The summed E-state index contributed by atoms with van der Waals surface area (Å²) >= 11 is 0. The molecular formula is C19H19N7O. The number of nitrogens with zero attached hydrogens (tertiary/aromatic N) is 4. The molecule has 2 aromatic heterocycles. The zero-order valence-electron chi connectivity index (χ0n) is 14.6. The van der Waals surface area contributed by atoms with Crippen molar-refractivity contribution in [2.24, 2.45) is 10.7 Å². The van der Waals surface area contributed by atoms with Crippen LogP contribution in [0.3, 0.4) is 0 Å². The molecule has 136 valence electrons. The Hall–Kier alpha value is -3.55. The number of carbonyl (C=O) groups excluding carboxylic acids is 1. The molecule has 0 aliphatic heterocycles. The summed E-state index contributed by atoms with van der Waals surface area (Å²) in [4.78, 5) is 24.4. The van der Waals surface area contributed by atoms with Crippen molar-refractivity contribution in [2.45, 2.75) is 24.7 Å². The van der Waals surface area contributed by atoms with E-state index in [9.17, 15) is 4.79 Å². The van der Waals surface area contributed by atoms with E-state index in [1.54, 1.807) is 12.4 Å². The minimum atomic E-state index is -0.393. The summed E-state index contributed by atoms with van der Waals surface area (Å²) in [6.45, 7) is 0. The molecule has 0 atom stereocenters. The maximum Gasteiger partial charge on any atom is 0.281 e. The fourth-order valence-corrected chi connectivity index (χ4v) is 3.34. The first kappa shape index (κ1) is 16.9. The lowest BCUT2D eigenvalue weighted by atomic mass is 9.63. The van der Waals surface area contributed by atoms with Gasteiger partial charge in [0.2, 0.25) is 5.95 Å². The molecule has 0 spiro atoms. The van der Waals surface area contributed by atoms with E-state index in [-0.39, 0.29) is 11.9 Å². The van der Waals surface area contributed by atoms with Gasteiger partial charge in [-0.3, -0.25) is 9.89 Å². The summed E-state index contributed by atoms with van der Waals surface area (Å²) < 4.78 is 0. The molecule has 5 N–H and O–H groups in total. The van der Waals surface area contributed by atoms with Gasteiger partial charge in [-0.1, -0.05) is 30.7 Å². The highest BCUT2D eigenvalue weighted by molar-refractivity contribution is 6.06. The van der Waals surface area contributed by atoms with Crippen LogP contribution in [-0.4, -0.2) is 31.9 Å². The zero-order chi connectivity index (χ0) is 18.9. The van der Waals surface area contributed by atoms with E-state index in [0.29, 0.717) is 11.4 Å². The van der Waals surface area contributed by atoms with Gasteiger partial charge < -0.3 is 11.5 Å². The predicted molar refractivity (Wildman–Crippen MR) is 102 cm³/mol. The number of aromatic nitrogens is 4. The van der Waals surface area contributed by atoms with Gasteiger partial charge in [-0.25, -0.2) is 9.97 Å². The SMILES string of the molecule is NC(=NC(=O)c1cn[nH]c1)C1(c2ccc(-c3cnc(N)nc3)cc2)CCC1. The largest absolute Gasteiger partial charge is 0.386 e. The summed E-state index contributed by atoms with van der Waals surface area (Å²) in [5, 5.41) is 6.38. The van der Waals surface area contributed by atoms with Gasteiger partial charge in [-0.2, -0.15) is 10.1 Å². The van der Waals surface area contributed by atoms with E-state index >= 15 is 0 Å². The van der Waals surface area contributed by atoms with Crippen LogP contribution in [0.25, 0.3) is 11.1 Å². The Kier molecular flexibility index (Phi) is 4.15. The van der Waals surface area contributed by atoms with Crippen LogP contribution in [0.2, 0.25) is 0 Å². The lowest BCUT2D eigenvalue weighted by Gasteiger charge is -2.41. The van der Waals surface area contributed by atoms with Crippen molar-refractivity contribution < 1.29 is 4.79 Å². The van der Waals surface area contributed by atoms with Crippen LogP contribution in [0, 0.1) is 0 Å². The third-order valence-electron chi connectivity index (χ3n) is 5.11. The van der Waals surface area contributed by atoms with Crippen LogP contribution >= 0.6 is 0 Å². The van der Waals surface area contributed by atoms with Gasteiger partial charge in [0.25, 0.3) is 5.91 Å². The molecule has 1 saturated carbocycles. The molecule has 8 heteroatoms.